The van der Waals surface area contributed by atoms with Gasteiger partial charge in [-0.05, 0) is 19.1 Å². The van der Waals surface area contributed by atoms with Crippen molar-refractivity contribution in [1.82, 2.24) is 5.32 Å². The molecule has 0 aliphatic carbocycles. The number of benzene rings is 1. The smallest absolute Gasteiger partial charge is 0.229 e. The zero-order valence-corrected chi connectivity index (χ0v) is 11.1. The minimum atomic E-state index is -0.375. The SMILES string of the molecule is CCN(C(=O)CC1CNCCO1)c1ccccc1F. The number of morpholine rings is 1. The summed E-state index contributed by atoms with van der Waals surface area (Å²) in [6.07, 6.45) is 0.150. The average molecular weight is 266 g/mol. The van der Waals surface area contributed by atoms with E-state index in [2.05, 4.69) is 5.32 Å². The highest BCUT2D eigenvalue weighted by molar-refractivity contribution is 5.93. The van der Waals surface area contributed by atoms with Crippen molar-refractivity contribution in [2.24, 2.45) is 0 Å². The molecule has 2 rings (SSSR count). The van der Waals surface area contributed by atoms with E-state index in [0.29, 0.717) is 25.4 Å². The van der Waals surface area contributed by atoms with E-state index in [1.54, 1.807) is 18.2 Å². The van der Waals surface area contributed by atoms with E-state index in [1.807, 2.05) is 6.92 Å². The van der Waals surface area contributed by atoms with Gasteiger partial charge in [-0.1, -0.05) is 12.1 Å². The number of carbonyl (C=O) groups excluding carboxylic acids is 1. The second kappa shape index (κ2) is 6.63. The van der Waals surface area contributed by atoms with E-state index in [9.17, 15) is 9.18 Å². The third-order valence-electron chi connectivity index (χ3n) is 3.17. The number of hydrogen-bond acceptors (Lipinski definition) is 3. The van der Waals surface area contributed by atoms with Crippen LogP contribution in [0.25, 0.3) is 0 Å². The van der Waals surface area contributed by atoms with Crippen LogP contribution in [-0.4, -0.2) is 38.3 Å². The minimum absolute atomic E-state index is 0.110. The Kier molecular flexibility index (Phi) is 4.87. The topological polar surface area (TPSA) is 41.6 Å². The van der Waals surface area contributed by atoms with Gasteiger partial charge in [0.15, 0.2) is 0 Å². The van der Waals surface area contributed by atoms with E-state index in [0.717, 1.165) is 6.54 Å². The fraction of sp³-hybridized carbons (Fsp3) is 0.500. The van der Waals surface area contributed by atoms with E-state index in [1.165, 1.54) is 11.0 Å². The Morgan fingerprint density at radius 2 is 2.32 bits per heavy atom. The van der Waals surface area contributed by atoms with Gasteiger partial charge < -0.3 is 15.0 Å². The van der Waals surface area contributed by atoms with Crippen molar-refractivity contribution >= 4 is 11.6 Å². The number of carbonyl (C=O) groups is 1. The molecule has 0 saturated carbocycles. The van der Waals surface area contributed by atoms with Gasteiger partial charge in [0.2, 0.25) is 5.91 Å². The third kappa shape index (κ3) is 3.52. The number of halogens is 1. The van der Waals surface area contributed by atoms with Gasteiger partial charge in [0.05, 0.1) is 24.8 Å². The Bertz CT molecular complexity index is 433. The maximum Gasteiger partial charge on any atom is 0.229 e. The molecule has 1 aromatic carbocycles. The summed E-state index contributed by atoms with van der Waals surface area (Å²) in [5.41, 5.74) is 0.332. The Balaban J connectivity index is 2.04. The molecule has 1 saturated heterocycles. The molecule has 0 bridgehead atoms. The first-order chi connectivity index (χ1) is 9.22. The molecule has 1 aromatic rings. The number of rotatable bonds is 4. The predicted molar refractivity (Wildman–Crippen MR) is 71.7 cm³/mol. The van der Waals surface area contributed by atoms with Crippen molar-refractivity contribution < 1.29 is 13.9 Å². The maximum absolute atomic E-state index is 13.7. The second-order valence-corrected chi connectivity index (χ2v) is 4.49. The molecular formula is C14H19FN2O2. The number of hydrogen-bond donors (Lipinski definition) is 1. The fourth-order valence-corrected chi connectivity index (χ4v) is 2.21. The average Bonchev–Trinajstić information content (AvgIpc) is 2.43. The van der Waals surface area contributed by atoms with Crippen LogP contribution in [0.15, 0.2) is 24.3 Å². The van der Waals surface area contributed by atoms with Crippen LogP contribution in [0.3, 0.4) is 0 Å². The fourth-order valence-electron chi connectivity index (χ4n) is 2.21. The first-order valence-corrected chi connectivity index (χ1v) is 6.59. The first kappa shape index (κ1) is 14.0. The van der Waals surface area contributed by atoms with Crippen LogP contribution in [-0.2, 0) is 9.53 Å². The molecule has 0 spiro atoms. The van der Waals surface area contributed by atoms with Crippen LogP contribution < -0.4 is 10.2 Å². The van der Waals surface area contributed by atoms with Crippen molar-refractivity contribution in [3.8, 4) is 0 Å². The second-order valence-electron chi connectivity index (χ2n) is 4.49. The summed E-state index contributed by atoms with van der Waals surface area (Å²) in [6, 6.07) is 6.33. The Morgan fingerprint density at radius 1 is 1.53 bits per heavy atom. The number of nitrogens with zero attached hydrogens (tertiary/aromatic N) is 1. The molecule has 1 amide bonds. The van der Waals surface area contributed by atoms with Crippen LogP contribution >= 0.6 is 0 Å². The first-order valence-electron chi connectivity index (χ1n) is 6.59. The lowest BCUT2D eigenvalue weighted by Crippen LogP contribution is -2.42. The minimum Gasteiger partial charge on any atom is -0.375 e. The molecule has 1 aliphatic heterocycles. The van der Waals surface area contributed by atoms with Gasteiger partial charge in [-0.3, -0.25) is 4.79 Å². The zero-order chi connectivity index (χ0) is 13.7. The molecule has 4 nitrogen and oxygen atoms in total. The quantitative estimate of drug-likeness (QED) is 0.899. The van der Waals surface area contributed by atoms with Crippen LogP contribution in [0.4, 0.5) is 10.1 Å². The molecule has 1 aliphatic rings. The third-order valence-corrected chi connectivity index (χ3v) is 3.17. The van der Waals surface area contributed by atoms with Gasteiger partial charge in [-0.15, -0.1) is 0 Å². The van der Waals surface area contributed by atoms with Gasteiger partial charge in [-0.25, -0.2) is 4.39 Å². The lowest BCUT2D eigenvalue weighted by molar-refractivity contribution is -0.121. The van der Waals surface area contributed by atoms with Crippen LogP contribution in [0.5, 0.6) is 0 Å². The summed E-state index contributed by atoms with van der Waals surface area (Å²) in [4.78, 5) is 13.7. The Labute approximate surface area is 112 Å². The van der Waals surface area contributed by atoms with Crippen LogP contribution in [0.1, 0.15) is 13.3 Å². The molecule has 1 unspecified atom stereocenters. The van der Waals surface area contributed by atoms with Crippen molar-refractivity contribution in [3.63, 3.8) is 0 Å². The van der Waals surface area contributed by atoms with E-state index < -0.39 is 0 Å². The van der Waals surface area contributed by atoms with Crippen molar-refractivity contribution in [3.05, 3.63) is 30.1 Å². The highest BCUT2D eigenvalue weighted by Gasteiger charge is 2.23. The van der Waals surface area contributed by atoms with E-state index in [-0.39, 0.29) is 24.2 Å². The summed E-state index contributed by atoms with van der Waals surface area (Å²) in [5, 5.41) is 3.18. The normalized spacial score (nSPS) is 19.2. The highest BCUT2D eigenvalue weighted by atomic mass is 19.1. The highest BCUT2D eigenvalue weighted by Crippen LogP contribution is 2.20. The lowest BCUT2D eigenvalue weighted by atomic mass is 10.2. The molecule has 1 fully saturated rings. The molecule has 1 N–H and O–H groups in total. The number of nitrogens with one attached hydrogen (secondary N) is 1. The number of anilines is 1. The molecule has 104 valence electrons. The number of amides is 1. The van der Waals surface area contributed by atoms with Crippen LogP contribution in [0, 0.1) is 5.82 Å². The summed E-state index contributed by atoms with van der Waals surface area (Å²) in [5.74, 6) is -0.485. The molecular weight excluding hydrogens is 247 g/mol. The van der Waals surface area contributed by atoms with Crippen LogP contribution in [0.2, 0.25) is 0 Å². The van der Waals surface area contributed by atoms with Gasteiger partial charge in [-0.2, -0.15) is 0 Å². The number of ether oxygens (including phenoxy) is 1. The summed E-state index contributed by atoms with van der Waals surface area (Å²) in [6.45, 7) is 4.38. The predicted octanol–water partition coefficient (Wildman–Crippen LogP) is 1.56. The van der Waals surface area contributed by atoms with Gasteiger partial charge in [0, 0.05) is 19.6 Å². The molecule has 1 heterocycles. The molecule has 19 heavy (non-hydrogen) atoms. The van der Waals surface area contributed by atoms with Gasteiger partial charge in [0.25, 0.3) is 0 Å². The van der Waals surface area contributed by atoms with Gasteiger partial charge in [0.1, 0.15) is 5.82 Å². The molecule has 0 aromatic heterocycles. The molecule has 5 heteroatoms. The molecule has 1 atom stereocenters. The summed E-state index contributed by atoms with van der Waals surface area (Å²) >= 11 is 0. The Hall–Kier alpha value is -1.46. The van der Waals surface area contributed by atoms with Crippen molar-refractivity contribution in [2.45, 2.75) is 19.4 Å². The monoisotopic (exact) mass is 266 g/mol. The van der Waals surface area contributed by atoms with E-state index >= 15 is 0 Å². The zero-order valence-electron chi connectivity index (χ0n) is 11.1. The van der Waals surface area contributed by atoms with Gasteiger partial charge >= 0.3 is 0 Å². The molecule has 0 radical (unpaired) electrons. The standard InChI is InChI=1S/C14H19FN2O2/c1-2-17(13-6-4-3-5-12(13)15)14(18)9-11-10-16-7-8-19-11/h3-6,11,16H,2,7-10H2,1H3. The summed E-state index contributed by atoms with van der Waals surface area (Å²) in [7, 11) is 0. The van der Waals surface area contributed by atoms with E-state index in [4.69, 9.17) is 4.74 Å². The number of para-hydroxylation sites is 1. The summed E-state index contributed by atoms with van der Waals surface area (Å²) < 4.78 is 19.2. The van der Waals surface area contributed by atoms with Crippen molar-refractivity contribution in [2.75, 3.05) is 31.1 Å². The lowest BCUT2D eigenvalue weighted by Gasteiger charge is -2.27. The maximum atomic E-state index is 13.7. The largest absolute Gasteiger partial charge is 0.375 e. The van der Waals surface area contributed by atoms with Crippen molar-refractivity contribution in [1.29, 1.82) is 0 Å². The Morgan fingerprint density at radius 3 is 2.95 bits per heavy atom.